The third kappa shape index (κ3) is 4.31. The fraction of sp³-hybridized carbons (Fsp3) is 0.143. The Balaban J connectivity index is 1.92. The van der Waals surface area contributed by atoms with Gasteiger partial charge in [0.2, 0.25) is 0 Å². The zero-order chi connectivity index (χ0) is 15.2. The van der Waals surface area contributed by atoms with Crippen molar-refractivity contribution in [3.63, 3.8) is 0 Å². The van der Waals surface area contributed by atoms with E-state index in [1.54, 1.807) is 36.8 Å². The summed E-state index contributed by atoms with van der Waals surface area (Å²) in [6.07, 6.45) is 3.59. The minimum atomic E-state index is -0.358. The van der Waals surface area contributed by atoms with Gasteiger partial charge in [0.1, 0.15) is 23.1 Å². The largest absolute Gasteiger partial charge is 0.658 e. The van der Waals surface area contributed by atoms with Crippen molar-refractivity contribution in [2.24, 2.45) is 0 Å². The molecule has 0 spiro atoms. The van der Waals surface area contributed by atoms with Crippen molar-refractivity contribution in [1.82, 2.24) is 0 Å². The maximum atomic E-state index is 13.5. The third-order valence-corrected chi connectivity index (χ3v) is 4.16. The van der Waals surface area contributed by atoms with E-state index in [9.17, 15) is 8.78 Å². The minimum absolute atomic E-state index is 0.312. The first kappa shape index (κ1) is 16.0. The van der Waals surface area contributed by atoms with Crippen molar-refractivity contribution in [3.05, 3.63) is 48.0 Å². The predicted octanol–water partition coefficient (Wildman–Crippen LogP) is 4.40. The molecule has 0 aromatic heterocycles. The van der Waals surface area contributed by atoms with E-state index in [1.165, 1.54) is 35.7 Å². The second-order valence-electron chi connectivity index (χ2n) is 3.92. The van der Waals surface area contributed by atoms with Crippen LogP contribution in [0.1, 0.15) is 0 Å². The Morgan fingerprint density at radius 2 is 1.24 bits per heavy atom. The fourth-order valence-corrected chi connectivity index (χ4v) is 2.49. The molecule has 0 aliphatic carbocycles. The molecule has 21 heavy (non-hydrogen) atoms. The average molecular weight is 325 g/mol. The number of halogens is 2. The van der Waals surface area contributed by atoms with Crippen molar-refractivity contribution in [3.8, 4) is 11.5 Å². The van der Waals surface area contributed by atoms with Crippen LogP contribution in [0, 0.1) is 11.6 Å². The summed E-state index contributed by atoms with van der Waals surface area (Å²) in [5, 5.41) is 0. The quantitative estimate of drug-likeness (QED) is 0.578. The van der Waals surface area contributed by atoms with Gasteiger partial charge >= 0.3 is 7.69 Å². The van der Waals surface area contributed by atoms with E-state index in [2.05, 4.69) is 0 Å². The lowest BCUT2D eigenvalue weighted by Crippen LogP contribution is -2.11. The van der Waals surface area contributed by atoms with Gasteiger partial charge in [-0.05, 0) is 36.8 Å². The first-order chi connectivity index (χ1) is 10.1. The van der Waals surface area contributed by atoms with E-state index in [4.69, 9.17) is 9.31 Å². The average Bonchev–Trinajstić information content (AvgIpc) is 2.48. The standard InChI is InChI=1S/C14H12BF2O2S2/c1-20-13-5-3-9(7-11(13)16)18-15-19-10-4-6-14(21-2)12(17)8-10/h3-8H,1-2H3. The highest BCUT2D eigenvalue weighted by Crippen LogP contribution is 2.25. The van der Waals surface area contributed by atoms with Crippen LogP contribution in [0.3, 0.4) is 0 Å². The highest BCUT2D eigenvalue weighted by molar-refractivity contribution is 7.98. The van der Waals surface area contributed by atoms with Crippen LogP contribution in [0.4, 0.5) is 8.78 Å². The number of rotatable bonds is 6. The number of thioether (sulfide) groups is 2. The molecule has 0 aliphatic heterocycles. The summed E-state index contributed by atoms with van der Waals surface area (Å²) in [6.45, 7) is 0. The molecular weight excluding hydrogens is 313 g/mol. The SMILES string of the molecule is CSc1ccc(O[B]Oc2ccc(SC)c(F)c2)cc1F. The molecule has 2 nitrogen and oxygen atoms in total. The van der Waals surface area contributed by atoms with E-state index in [-0.39, 0.29) is 11.6 Å². The number of hydrogen-bond donors (Lipinski definition) is 0. The second kappa shape index (κ2) is 7.61. The van der Waals surface area contributed by atoms with Gasteiger partial charge in [0.05, 0.1) is 0 Å². The Hall–Kier alpha value is -1.34. The molecule has 2 aromatic rings. The molecule has 0 bridgehead atoms. The van der Waals surface area contributed by atoms with Gasteiger partial charge in [-0.15, -0.1) is 23.5 Å². The van der Waals surface area contributed by atoms with Gasteiger partial charge in [-0.2, -0.15) is 0 Å². The molecule has 0 amide bonds. The lowest BCUT2D eigenvalue weighted by Gasteiger charge is -2.08. The van der Waals surface area contributed by atoms with Crippen LogP contribution in [0.2, 0.25) is 0 Å². The lowest BCUT2D eigenvalue weighted by molar-refractivity contribution is 0.452. The Morgan fingerprint density at radius 3 is 1.57 bits per heavy atom. The number of hydrogen-bond acceptors (Lipinski definition) is 4. The molecule has 1 radical (unpaired) electrons. The summed E-state index contributed by atoms with van der Waals surface area (Å²) < 4.78 is 37.4. The summed E-state index contributed by atoms with van der Waals surface area (Å²) in [7, 11) is 1.04. The van der Waals surface area contributed by atoms with Gasteiger partial charge in [0.25, 0.3) is 0 Å². The fourth-order valence-electron chi connectivity index (χ4n) is 1.58. The molecule has 0 aliphatic rings. The summed E-state index contributed by atoms with van der Waals surface area (Å²) in [4.78, 5) is 1.08. The van der Waals surface area contributed by atoms with Crippen LogP contribution in [-0.4, -0.2) is 20.2 Å². The maximum Gasteiger partial charge on any atom is 0.658 e. The van der Waals surface area contributed by atoms with Crippen molar-refractivity contribution in [2.75, 3.05) is 12.5 Å². The molecule has 0 N–H and O–H groups in total. The maximum absolute atomic E-state index is 13.5. The summed E-state index contributed by atoms with van der Waals surface area (Å²) >= 11 is 2.63. The lowest BCUT2D eigenvalue weighted by atomic mass is 10.3. The monoisotopic (exact) mass is 325 g/mol. The molecule has 0 heterocycles. The molecule has 0 saturated carbocycles. The zero-order valence-corrected chi connectivity index (χ0v) is 13.1. The van der Waals surface area contributed by atoms with E-state index in [1.807, 2.05) is 0 Å². The predicted molar refractivity (Wildman–Crippen MR) is 83.4 cm³/mol. The van der Waals surface area contributed by atoms with Crippen molar-refractivity contribution in [2.45, 2.75) is 9.79 Å². The van der Waals surface area contributed by atoms with Crippen LogP contribution in [-0.2, 0) is 0 Å². The Labute approximate surface area is 131 Å². The molecule has 7 heteroatoms. The molecular formula is C14H12BF2O2S2. The number of benzene rings is 2. The first-order valence-electron chi connectivity index (χ1n) is 5.96. The Bertz CT molecular complexity index is 572. The van der Waals surface area contributed by atoms with E-state index < -0.39 is 0 Å². The van der Waals surface area contributed by atoms with E-state index in [0.29, 0.717) is 21.3 Å². The van der Waals surface area contributed by atoms with Gasteiger partial charge < -0.3 is 9.31 Å². The van der Waals surface area contributed by atoms with Gasteiger partial charge in [-0.25, -0.2) is 8.78 Å². The molecule has 0 fully saturated rings. The van der Waals surface area contributed by atoms with Crippen molar-refractivity contribution in [1.29, 1.82) is 0 Å². The first-order valence-corrected chi connectivity index (χ1v) is 8.41. The summed E-state index contributed by atoms with van der Waals surface area (Å²) in [5.74, 6) is -0.0921. The normalized spacial score (nSPS) is 10.3. The van der Waals surface area contributed by atoms with Crippen LogP contribution >= 0.6 is 23.5 Å². The summed E-state index contributed by atoms with van der Waals surface area (Å²) in [5.41, 5.74) is 0. The molecule has 0 saturated heterocycles. The molecule has 0 atom stereocenters. The molecule has 2 rings (SSSR count). The molecule has 0 unspecified atom stereocenters. The third-order valence-electron chi connectivity index (χ3n) is 2.61. The van der Waals surface area contributed by atoms with Crippen LogP contribution in [0.25, 0.3) is 0 Å². The second-order valence-corrected chi connectivity index (χ2v) is 5.62. The minimum Gasteiger partial charge on any atom is -0.526 e. The zero-order valence-electron chi connectivity index (χ0n) is 11.4. The van der Waals surface area contributed by atoms with Crippen molar-refractivity contribution >= 4 is 31.2 Å². The smallest absolute Gasteiger partial charge is 0.526 e. The van der Waals surface area contributed by atoms with Crippen molar-refractivity contribution < 1.29 is 18.1 Å². The van der Waals surface area contributed by atoms with Gasteiger partial charge in [-0.3, -0.25) is 0 Å². The van der Waals surface area contributed by atoms with Gasteiger partial charge in [0.15, 0.2) is 0 Å². The molecule has 109 valence electrons. The highest BCUT2D eigenvalue weighted by atomic mass is 32.2. The van der Waals surface area contributed by atoms with Crippen LogP contribution in [0.5, 0.6) is 11.5 Å². The Kier molecular flexibility index (Phi) is 5.81. The Morgan fingerprint density at radius 1 is 0.810 bits per heavy atom. The highest BCUT2D eigenvalue weighted by Gasteiger charge is 2.08. The summed E-state index contributed by atoms with van der Waals surface area (Å²) in [6, 6.07) is 9.04. The van der Waals surface area contributed by atoms with E-state index in [0.717, 1.165) is 7.69 Å². The molecule has 2 aromatic carbocycles. The van der Waals surface area contributed by atoms with Gasteiger partial charge in [-0.1, -0.05) is 0 Å². The van der Waals surface area contributed by atoms with Gasteiger partial charge in [0, 0.05) is 21.9 Å². The topological polar surface area (TPSA) is 18.5 Å². The van der Waals surface area contributed by atoms with Crippen LogP contribution in [0.15, 0.2) is 46.2 Å². The van der Waals surface area contributed by atoms with Crippen LogP contribution < -0.4 is 9.31 Å². The van der Waals surface area contributed by atoms with E-state index >= 15 is 0 Å².